The minimum atomic E-state index is -0.646. The molecule has 1 unspecified atom stereocenters. The number of nitrogens with zero attached hydrogens (tertiary/aromatic N) is 4. The van der Waals surface area contributed by atoms with Gasteiger partial charge in [0, 0.05) is 36.7 Å². The number of halogens is 2. The number of amides is 1. The lowest BCUT2D eigenvalue weighted by Crippen LogP contribution is -2.68. The number of ether oxygens (including phenoxy) is 1. The van der Waals surface area contributed by atoms with Gasteiger partial charge in [0.2, 0.25) is 5.91 Å². The van der Waals surface area contributed by atoms with E-state index in [0.717, 1.165) is 48.5 Å². The zero-order valence-corrected chi connectivity index (χ0v) is 17.6. The van der Waals surface area contributed by atoms with Crippen molar-refractivity contribution in [2.24, 2.45) is 15.9 Å². The quantitative estimate of drug-likeness (QED) is 0.594. The molecule has 2 bridgehead atoms. The summed E-state index contributed by atoms with van der Waals surface area (Å²) in [6, 6.07) is 8.83. The summed E-state index contributed by atoms with van der Waals surface area (Å²) < 4.78 is 34.8. The van der Waals surface area contributed by atoms with Crippen molar-refractivity contribution in [3.05, 3.63) is 59.8 Å². The Kier molecular flexibility index (Phi) is 4.00. The molecule has 7 rings (SSSR count). The number of hydrogen-bond donors (Lipinski definition) is 0. The summed E-state index contributed by atoms with van der Waals surface area (Å²) in [6.45, 7) is 0.750. The van der Waals surface area contributed by atoms with Crippen molar-refractivity contribution in [3.63, 3.8) is 0 Å². The molecule has 3 fully saturated rings. The fourth-order valence-corrected chi connectivity index (χ4v) is 5.91. The van der Waals surface area contributed by atoms with Crippen LogP contribution in [-0.4, -0.2) is 34.0 Å². The Hall–Kier alpha value is -3.29. The van der Waals surface area contributed by atoms with Crippen molar-refractivity contribution in [2.45, 2.75) is 38.3 Å². The second kappa shape index (κ2) is 6.60. The lowest BCUT2D eigenvalue weighted by atomic mass is 9.34. The Bertz CT molecular complexity index is 1240. The summed E-state index contributed by atoms with van der Waals surface area (Å²) in [5.41, 5.74) is 1.09. The summed E-state index contributed by atoms with van der Waals surface area (Å²) in [6.07, 6.45) is 6.29. The maximum atomic E-state index is 13.7. The summed E-state index contributed by atoms with van der Waals surface area (Å²) in [4.78, 5) is 13.4. The Morgan fingerprint density at radius 2 is 1.91 bits per heavy atom. The van der Waals surface area contributed by atoms with E-state index in [9.17, 15) is 13.6 Å². The first-order valence-electron chi connectivity index (χ1n) is 10.7. The van der Waals surface area contributed by atoms with Gasteiger partial charge in [-0.1, -0.05) is 0 Å². The van der Waals surface area contributed by atoms with E-state index >= 15 is 0 Å². The zero-order valence-electron chi connectivity index (χ0n) is 17.6. The summed E-state index contributed by atoms with van der Waals surface area (Å²) >= 11 is 0. The molecule has 2 aromatic carbocycles. The van der Waals surface area contributed by atoms with Gasteiger partial charge in [-0.3, -0.25) is 9.48 Å². The molecule has 2 heterocycles. The lowest BCUT2D eigenvalue weighted by Gasteiger charge is -2.69. The number of aromatic nitrogens is 2. The SMILES string of the molecule is COc1ccc2cnn(CC34CC(C(=O)N5N=CCC5c5cc(F)cc(F)c5)(C3)C4)c2c1. The molecule has 8 heteroatoms. The minimum absolute atomic E-state index is 0.0465. The Morgan fingerprint density at radius 1 is 1.16 bits per heavy atom. The first kappa shape index (κ1) is 19.4. The number of fused-ring (bicyclic) bond motifs is 1. The fraction of sp³-hybridized carbons (Fsp3) is 0.375. The molecule has 3 saturated carbocycles. The number of rotatable bonds is 5. The third-order valence-electron chi connectivity index (χ3n) is 7.24. The molecule has 1 aromatic heterocycles. The van der Waals surface area contributed by atoms with E-state index in [1.807, 2.05) is 29.1 Å². The molecule has 1 aliphatic heterocycles. The summed E-state index contributed by atoms with van der Waals surface area (Å²) in [5.74, 6) is -0.552. The zero-order chi connectivity index (χ0) is 22.1. The van der Waals surface area contributed by atoms with Gasteiger partial charge in [-0.2, -0.15) is 10.2 Å². The molecule has 0 radical (unpaired) electrons. The number of hydrazone groups is 1. The van der Waals surface area contributed by atoms with Crippen molar-refractivity contribution >= 4 is 23.0 Å². The third kappa shape index (κ3) is 2.78. The van der Waals surface area contributed by atoms with Crippen LogP contribution in [0.3, 0.4) is 0 Å². The molecular weight excluding hydrogens is 414 g/mol. The van der Waals surface area contributed by atoms with E-state index in [-0.39, 0.29) is 11.3 Å². The first-order chi connectivity index (χ1) is 15.4. The van der Waals surface area contributed by atoms with Crippen LogP contribution in [0.25, 0.3) is 10.9 Å². The molecule has 0 saturated heterocycles. The van der Waals surface area contributed by atoms with Gasteiger partial charge in [-0.15, -0.1) is 0 Å². The van der Waals surface area contributed by atoms with Crippen molar-refractivity contribution in [2.75, 3.05) is 7.11 Å². The normalized spacial score (nSPS) is 28.0. The van der Waals surface area contributed by atoms with E-state index in [0.29, 0.717) is 12.0 Å². The van der Waals surface area contributed by atoms with E-state index in [4.69, 9.17) is 4.74 Å². The molecule has 3 aliphatic carbocycles. The van der Waals surface area contributed by atoms with Gasteiger partial charge in [-0.05, 0) is 54.5 Å². The molecule has 164 valence electrons. The molecule has 4 aliphatic rings. The van der Waals surface area contributed by atoms with Gasteiger partial charge in [0.05, 0.1) is 30.3 Å². The molecule has 1 atom stereocenters. The highest BCUT2D eigenvalue weighted by Gasteiger charge is 2.72. The van der Waals surface area contributed by atoms with Crippen LogP contribution in [0.4, 0.5) is 8.78 Å². The largest absolute Gasteiger partial charge is 0.497 e. The highest BCUT2D eigenvalue weighted by atomic mass is 19.1. The van der Waals surface area contributed by atoms with Gasteiger partial charge in [0.25, 0.3) is 0 Å². The van der Waals surface area contributed by atoms with Gasteiger partial charge in [0.1, 0.15) is 17.4 Å². The Balaban J connectivity index is 1.18. The number of carbonyl (C=O) groups is 1. The maximum absolute atomic E-state index is 13.7. The van der Waals surface area contributed by atoms with Crippen LogP contribution in [0.1, 0.15) is 37.3 Å². The average Bonchev–Trinajstić information content (AvgIpc) is 3.35. The monoisotopic (exact) mass is 436 g/mol. The predicted molar refractivity (Wildman–Crippen MR) is 114 cm³/mol. The number of carbonyl (C=O) groups excluding carboxylic acids is 1. The highest BCUT2D eigenvalue weighted by Crippen LogP contribution is 2.74. The smallest absolute Gasteiger partial charge is 0.249 e. The standard InChI is InChI=1S/C24H22F2N4O2/c1-32-19-3-2-15-10-28-29(21(15)9-19)14-23-11-24(12-23,13-23)22(31)30-20(4-5-27-30)16-6-17(25)8-18(26)7-16/h2-3,5-10,20H,4,11-14H2,1H3. The molecule has 6 nitrogen and oxygen atoms in total. The van der Waals surface area contributed by atoms with Crippen molar-refractivity contribution in [1.82, 2.24) is 14.8 Å². The number of hydrogen-bond acceptors (Lipinski definition) is 4. The van der Waals surface area contributed by atoms with E-state index < -0.39 is 23.1 Å². The van der Waals surface area contributed by atoms with Crippen LogP contribution in [0.2, 0.25) is 0 Å². The van der Waals surface area contributed by atoms with Crippen molar-refractivity contribution < 1.29 is 18.3 Å². The average molecular weight is 436 g/mol. The topological polar surface area (TPSA) is 59.7 Å². The summed E-state index contributed by atoms with van der Waals surface area (Å²) in [7, 11) is 1.64. The molecule has 0 spiro atoms. The molecule has 3 aromatic rings. The fourth-order valence-electron chi connectivity index (χ4n) is 5.91. The van der Waals surface area contributed by atoms with Crippen molar-refractivity contribution in [3.8, 4) is 5.75 Å². The predicted octanol–water partition coefficient (Wildman–Crippen LogP) is 4.45. The van der Waals surface area contributed by atoms with Gasteiger partial charge in [-0.25, -0.2) is 13.8 Å². The van der Waals surface area contributed by atoms with Crippen LogP contribution in [-0.2, 0) is 11.3 Å². The molecule has 0 N–H and O–H groups in total. The highest BCUT2D eigenvalue weighted by molar-refractivity contribution is 5.88. The van der Waals surface area contributed by atoms with Gasteiger partial charge >= 0.3 is 0 Å². The second-order valence-electron chi connectivity index (χ2n) is 9.44. The molecule has 32 heavy (non-hydrogen) atoms. The first-order valence-corrected chi connectivity index (χ1v) is 10.7. The number of benzene rings is 2. The van der Waals surface area contributed by atoms with Crippen molar-refractivity contribution in [1.29, 1.82) is 0 Å². The Labute approximate surface area is 183 Å². The van der Waals surface area contributed by atoms with E-state index in [1.165, 1.54) is 17.1 Å². The van der Waals surface area contributed by atoms with Crippen LogP contribution in [0.15, 0.2) is 47.7 Å². The van der Waals surface area contributed by atoms with E-state index in [1.54, 1.807) is 13.3 Å². The summed E-state index contributed by atoms with van der Waals surface area (Å²) in [5, 5.41) is 11.3. The van der Waals surface area contributed by atoms with Crippen LogP contribution in [0.5, 0.6) is 5.75 Å². The van der Waals surface area contributed by atoms with E-state index in [2.05, 4.69) is 10.2 Å². The molecule has 1 amide bonds. The number of methoxy groups -OCH3 is 1. The van der Waals surface area contributed by atoms with Gasteiger partial charge < -0.3 is 4.74 Å². The van der Waals surface area contributed by atoms with Crippen LogP contribution < -0.4 is 4.74 Å². The lowest BCUT2D eigenvalue weighted by molar-refractivity contribution is -0.223. The third-order valence-corrected chi connectivity index (χ3v) is 7.24. The van der Waals surface area contributed by atoms with Crippen LogP contribution >= 0.6 is 0 Å². The second-order valence-corrected chi connectivity index (χ2v) is 9.44. The van der Waals surface area contributed by atoms with Gasteiger partial charge in [0.15, 0.2) is 0 Å². The molecular formula is C24H22F2N4O2. The minimum Gasteiger partial charge on any atom is -0.497 e. The Morgan fingerprint density at radius 3 is 2.62 bits per heavy atom. The maximum Gasteiger partial charge on any atom is 0.249 e. The van der Waals surface area contributed by atoms with Crippen LogP contribution in [0, 0.1) is 22.5 Å².